The van der Waals surface area contributed by atoms with Crippen molar-refractivity contribution in [2.75, 3.05) is 11.9 Å². The average Bonchev–Trinajstić information content (AvgIpc) is 2.85. The lowest BCUT2D eigenvalue weighted by molar-refractivity contribution is 0.535. The highest BCUT2D eigenvalue weighted by molar-refractivity contribution is 5.61. The van der Waals surface area contributed by atoms with Crippen LogP contribution in [-0.2, 0) is 12.8 Å². The van der Waals surface area contributed by atoms with Crippen molar-refractivity contribution in [2.24, 2.45) is 0 Å². The average molecular weight is 257 g/mol. The molecule has 2 heterocycles. The molecule has 0 saturated heterocycles. The zero-order valence-corrected chi connectivity index (χ0v) is 11.5. The number of rotatable bonds is 3. The van der Waals surface area contributed by atoms with Gasteiger partial charge in [0.2, 0.25) is 0 Å². The van der Waals surface area contributed by atoms with Crippen LogP contribution in [0.25, 0.3) is 11.4 Å². The Balaban J connectivity index is 2.11. The predicted molar refractivity (Wildman–Crippen MR) is 75.3 cm³/mol. The molecule has 0 saturated carbocycles. The van der Waals surface area contributed by atoms with Gasteiger partial charge in [0.1, 0.15) is 11.6 Å². The number of aryl methyl sites for hydroxylation is 2. The maximum atomic E-state index is 5.36. The zero-order valence-electron chi connectivity index (χ0n) is 11.5. The van der Waals surface area contributed by atoms with Crippen LogP contribution in [0, 0.1) is 6.92 Å². The molecule has 0 unspecified atom stereocenters. The highest BCUT2D eigenvalue weighted by Crippen LogP contribution is 2.29. The smallest absolute Gasteiger partial charge is 0.165 e. The van der Waals surface area contributed by atoms with E-state index < -0.39 is 0 Å². The first kappa shape index (κ1) is 12.2. The molecule has 100 valence electrons. The number of nitrogens with one attached hydrogen (secondary N) is 1. The molecule has 2 aromatic rings. The van der Waals surface area contributed by atoms with E-state index in [4.69, 9.17) is 14.4 Å². The molecule has 0 radical (unpaired) electrons. The van der Waals surface area contributed by atoms with Gasteiger partial charge >= 0.3 is 0 Å². The molecular formula is C15H19N3O. The molecule has 3 rings (SSSR count). The van der Waals surface area contributed by atoms with Gasteiger partial charge in [-0.2, -0.15) is 0 Å². The number of nitrogens with zero attached hydrogens (tertiary/aromatic N) is 2. The Hall–Kier alpha value is -1.84. The van der Waals surface area contributed by atoms with Crippen LogP contribution in [0.3, 0.4) is 0 Å². The van der Waals surface area contributed by atoms with Gasteiger partial charge in [0, 0.05) is 17.8 Å². The number of furan rings is 1. The van der Waals surface area contributed by atoms with Crippen LogP contribution < -0.4 is 5.32 Å². The molecule has 0 atom stereocenters. The van der Waals surface area contributed by atoms with E-state index >= 15 is 0 Å². The molecule has 4 nitrogen and oxygen atoms in total. The molecule has 0 fully saturated rings. The van der Waals surface area contributed by atoms with Crippen molar-refractivity contribution in [2.45, 2.75) is 39.5 Å². The number of anilines is 1. The summed E-state index contributed by atoms with van der Waals surface area (Å²) in [7, 11) is 0. The van der Waals surface area contributed by atoms with Gasteiger partial charge in [0.15, 0.2) is 5.82 Å². The molecule has 1 aliphatic rings. The third kappa shape index (κ3) is 2.23. The van der Waals surface area contributed by atoms with Crippen molar-refractivity contribution in [1.29, 1.82) is 0 Å². The van der Waals surface area contributed by atoms with Crippen LogP contribution in [0.15, 0.2) is 16.7 Å². The zero-order chi connectivity index (χ0) is 13.2. The molecular weight excluding hydrogens is 238 g/mol. The Bertz CT molecular complexity index is 589. The Morgan fingerprint density at radius 3 is 2.84 bits per heavy atom. The first-order chi connectivity index (χ1) is 9.29. The van der Waals surface area contributed by atoms with E-state index in [1.165, 1.54) is 24.1 Å². The summed E-state index contributed by atoms with van der Waals surface area (Å²) in [5.41, 5.74) is 3.50. The van der Waals surface area contributed by atoms with Crippen molar-refractivity contribution in [3.63, 3.8) is 0 Å². The first-order valence-electron chi connectivity index (χ1n) is 6.97. The first-order valence-corrected chi connectivity index (χ1v) is 6.97. The SMILES string of the molecule is CCNc1nc(-c2ccoc2C)nc2c1CCCC2. The van der Waals surface area contributed by atoms with Crippen LogP contribution in [0.1, 0.15) is 36.8 Å². The second-order valence-corrected chi connectivity index (χ2v) is 4.95. The molecule has 0 aromatic carbocycles. The Kier molecular flexibility index (Phi) is 3.23. The summed E-state index contributed by atoms with van der Waals surface area (Å²) in [5.74, 6) is 2.66. The molecule has 0 amide bonds. The standard InChI is InChI=1S/C15H19N3O/c1-3-16-14-12-6-4-5-7-13(12)17-15(18-14)11-8-9-19-10(11)2/h8-9H,3-7H2,1-2H3,(H,16,17,18). The van der Waals surface area contributed by atoms with Gasteiger partial charge in [-0.25, -0.2) is 9.97 Å². The maximum absolute atomic E-state index is 5.36. The lowest BCUT2D eigenvalue weighted by atomic mass is 9.96. The van der Waals surface area contributed by atoms with Gasteiger partial charge in [-0.1, -0.05) is 0 Å². The highest BCUT2D eigenvalue weighted by atomic mass is 16.3. The fourth-order valence-electron chi connectivity index (χ4n) is 2.65. The van der Waals surface area contributed by atoms with Crippen LogP contribution in [0.5, 0.6) is 0 Å². The summed E-state index contributed by atoms with van der Waals surface area (Å²) < 4.78 is 5.36. The van der Waals surface area contributed by atoms with Gasteiger partial charge in [-0.05, 0) is 45.6 Å². The molecule has 0 spiro atoms. The molecule has 1 N–H and O–H groups in total. The van der Waals surface area contributed by atoms with Crippen molar-refractivity contribution in [1.82, 2.24) is 9.97 Å². The second kappa shape index (κ2) is 5.03. The maximum Gasteiger partial charge on any atom is 0.165 e. The lowest BCUT2D eigenvalue weighted by Gasteiger charge is -2.19. The van der Waals surface area contributed by atoms with Gasteiger partial charge in [-0.3, -0.25) is 0 Å². The Morgan fingerprint density at radius 2 is 2.11 bits per heavy atom. The lowest BCUT2D eigenvalue weighted by Crippen LogP contribution is -2.13. The molecule has 0 bridgehead atoms. The summed E-state index contributed by atoms with van der Waals surface area (Å²) >= 11 is 0. The topological polar surface area (TPSA) is 51.0 Å². The van der Waals surface area contributed by atoms with Crippen molar-refractivity contribution < 1.29 is 4.42 Å². The fraction of sp³-hybridized carbons (Fsp3) is 0.467. The van der Waals surface area contributed by atoms with E-state index in [9.17, 15) is 0 Å². The van der Waals surface area contributed by atoms with E-state index in [2.05, 4.69) is 12.2 Å². The van der Waals surface area contributed by atoms with Gasteiger partial charge in [0.05, 0.1) is 11.8 Å². The minimum Gasteiger partial charge on any atom is -0.469 e. The van der Waals surface area contributed by atoms with Gasteiger partial charge in [0.25, 0.3) is 0 Å². The third-order valence-electron chi connectivity index (χ3n) is 3.63. The van der Waals surface area contributed by atoms with Gasteiger partial charge < -0.3 is 9.73 Å². The quantitative estimate of drug-likeness (QED) is 0.916. The normalized spacial score (nSPS) is 14.2. The Morgan fingerprint density at radius 1 is 1.26 bits per heavy atom. The summed E-state index contributed by atoms with van der Waals surface area (Å²) in [6, 6.07) is 1.94. The van der Waals surface area contributed by atoms with E-state index in [-0.39, 0.29) is 0 Å². The second-order valence-electron chi connectivity index (χ2n) is 4.95. The minimum atomic E-state index is 0.780. The largest absolute Gasteiger partial charge is 0.469 e. The van der Waals surface area contributed by atoms with Gasteiger partial charge in [-0.15, -0.1) is 0 Å². The summed E-state index contributed by atoms with van der Waals surface area (Å²) in [6.07, 6.45) is 6.29. The van der Waals surface area contributed by atoms with Crippen LogP contribution >= 0.6 is 0 Å². The predicted octanol–water partition coefficient (Wildman–Crippen LogP) is 3.36. The third-order valence-corrected chi connectivity index (χ3v) is 3.63. The summed E-state index contributed by atoms with van der Waals surface area (Å²) in [4.78, 5) is 9.45. The molecule has 1 aliphatic carbocycles. The summed E-state index contributed by atoms with van der Waals surface area (Å²) in [5, 5.41) is 3.38. The number of hydrogen-bond donors (Lipinski definition) is 1. The van der Waals surface area contributed by atoms with E-state index in [0.717, 1.165) is 42.4 Å². The van der Waals surface area contributed by atoms with Crippen molar-refractivity contribution in [3.05, 3.63) is 29.3 Å². The fourth-order valence-corrected chi connectivity index (χ4v) is 2.65. The number of aromatic nitrogens is 2. The number of hydrogen-bond acceptors (Lipinski definition) is 4. The molecule has 0 aliphatic heterocycles. The monoisotopic (exact) mass is 257 g/mol. The van der Waals surface area contributed by atoms with Crippen LogP contribution in [0.4, 0.5) is 5.82 Å². The Labute approximate surface area is 113 Å². The van der Waals surface area contributed by atoms with Crippen LogP contribution in [0.2, 0.25) is 0 Å². The van der Waals surface area contributed by atoms with E-state index in [1.54, 1.807) is 6.26 Å². The highest BCUT2D eigenvalue weighted by Gasteiger charge is 2.19. The minimum absolute atomic E-state index is 0.780. The van der Waals surface area contributed by atoms with E-state index in [0.29, 0.717) is 0 Å². The van der Waals surface area contributed by atoms with Crippen LogP contribution in [-0.4, -0.2) is 16.5 Å². The summed E-state index contributed by atoms with van der Waals surface area (Å²) in [6.45, 7) is 4.93. The molecule has 4 heteroatoms. The molecule has 2 aromatic heterocycles. The van der Waals surface area contributed by atoms with E-state index in [1.807, 2.05) is 13.0 Å². The number of fused-ring (bicyclic) bond motifs is 1. The van der Waals surface area contributed by atoms with Crippen molar-refractivity contribution in [3.8, 4) is 11.4 Å². The molecule has 19 heavy (non-hydrogen) atoms. The van der Waals surface area contributed by atoms with Crippen molar-refractivity contribution >= 4 is 5.82 Å².